The predicted octanol–water partition coefficient (Wildman–Crippen LogP) is 2.99. The molecule has 0 amide bonds. The number of unbranched alkanes of at least 4 members (excludes halogenated alkanes) is 1. The summed E-state index contributed by atoms with van der Waals surface area (Å²) in [6.07, 6.45) is 5.83. The van der Waals surface area contributed by atoms with Crippen LogP contribution in [0.1, 0.15) is 33.1 Å². The quantitative estimate of drug-likeness (QED) is 0.729. The van der Waals surface area contributed by atoms with Crippen molar-refractivity contribution in [3.05, 3.63) is 0 Å². The smallest absolute Gasteiger partial charge is 0.157 e. The molecular formula is C11H22N2S2. The Hall–Kier alpha value is 0.170. The van der Waals surface area contributed by atoms with E-state index in [4.69, 9.17) is 0 Å². The van der Waals surface area contributed by atoms with Crippen molar-refractivity contribution in [2.45, 2.75) is 38.6 Å². The lowest BCUT2D eigenvalue weighted by molar-refractivity contribution is 0.466. The number of hydrogen-bond acceptors (Lipinski definition) is 3. The lowest BCUT2D eigenvalue weighted by Crippen LogP contribution is -2.39. The molecule has 0 aromatic heterocycles. The maximum Gasteiger partial charge on any atom is 0.157 e. The Balaban J connectivity index is 2.19. The van der Waals surface area contributed by atoms with Gasteiger partial charge < -0.3 is 5.32 Å². The summed E-state index contributed by atoms with van der Waals surface area (Å²) in [5.74, 6) is 2.42. The molecule has 0 spiro atoms. The number of aliphatic imine (C=N–C) groups is 1. The Kier molecular flexibility index (Phi) is 5.90. The average molecular weight is 246 g/mol. The third-order valence-electron chi connectivity index (χ3n) is 2.73. The van der Waals surface area contributed by atoms with E-state index in [1.165, 1.54) is 25.0 Å². The van der Waals surface area contributed by atoms with Crippen LogP contribution in [0.2, 0.25) is 0 Å². The van der Waals surface area contributed by atoms with Gasteiger partial charge in [0.2, 0.25) is 0 Å². The van der Waals surface area contributed by atoms with E-state index < -0.39 is 0 Å². The van der Waals surface area contributed by atoms with E-state index in [9.17, 15) is 0 Å². The molecule has 4 heteroatoms. The highest BCUT2D eigenvalue weighted by molar-refractivity contribution is 8.14. The van der Waals surface area contributed by atoms with Gasteiger partial charge in [0.25, 0.3) is 0 Å². The summed E-state index contributed by atoms with van der Waals surface area (Å²) in [7, 11) is 0. The number of thioether (sulfide) groups is 2. The first-order valence-electron chi connectivity index (χ1n) is 5.64. The van der Waals surface area contributed by atoms with Crippen molar-refractivity contribution in [3.8, 4) is 0 Å². The maximum absolute atomic E-state index is 4.60. The predicted molar refractivity (Wildman–Crippen MR) is 74.2 cm³/mol. The van der Waals surface area contributed by atoms with E-state index in [0.717, 1.165) is 17.5 Å². The van der Waals surface area contributed by atoms with Crippen LogP contribution in [0.3, 0.4) is 0 Å². The first kappa shape index (κ1) is 13.2. The molecule has 1 atom stereocenters. The van der Waals surface area contributed by atoms with Crippen LogP contribution in [0.4, 0.5) is 0 Å². The van der Waals surface area contributed by atoms with Gasteiger partial charge >= 0.3 is 0 Å². The summed E-state index contributed by atoms with van der Waals surface area (Å²) in [5.41, 5.74) is 0.281. The van der Waals surface area contributed by atoms with E-state index >= 15 is 0 Å². The molecule has 88 valence electrons. The summed E-state index contributed by atoms with van der Waals surface area (Å²) in [6.45, 7) is 5.49. The Morgan fingerprint density at radius 1 is 1.53 bits per heavy atom. The zero-order chi connectivity index (χ0) is 11.1. The van der Waals surface area contributed by atoms with Crippen LogP contribution in [0.25, 0.3) is 0 Å². The minimum absolute atomic E-state index is 0.281. The Morgan fingerprint density at radius 2 is 2.33 bits per heavy atom. The average Bonchev–Trinajstić information content (AvgIpc) is 2.61. The number of hydrogen-bond donors (Lipinski definition) is 1. The molecule has 1 N–H and O–H groups in total. The Bertz CT molecular complexity index is 219. The minimum atomic E-state index is 0.281. The van der Waals surface area contributed by atoms with Gasteiger partial charge in [-0.1, -0.05) is 18.7 Å². The fourth-order valence-electron chi connectivity index (χ4n) is 1.37. The summed E-state index contributed by atoms with van der Waals surface area (Å²) in [4.78, 5) is 4.60. The van der Waals surface area contributed by atoms with Gasteiger partial charge in [0.05, 0.1) is 0 Å². The monoisotopic (exact) mass is 246 g/mol. The molecule has 0 aromatic carbocycles. The molecule has 0 aromatic rings. The van der Waals surface area contributed by atoms with Crippen LogP contribution < -0.4 is 5.32 Å². The third-order valence-corrected chi connectivity index (χ3v) is 4.71. The highest BCUT2D eigenvalue weighted by Crippen LogP contribution is 2.25. The Morgan fingerprint density at radius 3 is 2.93 bits per heavy atom. The van der Waals surface area contributed by atoms with Crippen molar-refractivity contribution in [3.63, 3.8) is 0 Å². The van der Waals surface area contributed by atoms with E-state index in [-0.39, 0.29) is 5.54 Å². The van der Waals surface area contributed by atoms with Crippen LogP contribution in [-0.4, -0.2) is 35.0 Å². The first-order chi connectivity index (χ1) is 7.20. The zero-order valence-electron chi connectivity index (χ0n) is 10.0. The van der Waals surface area contributed by atoms with E-state index in [1.54, 1.807) is 0 Å². The molecule has 1 heterocycles. The topological polar surface area (TPSA) is 24.4 Å². The summed E-state index contributed by atoms with van der Waals surface area (Å²) < 4.78 is 0. The van der Waals surface area contributed by atoms with Gasteiger partial charge in [-0.05, 0) is 38.2 Å². The number of nitrogens with one attached hydrogen (secondary N) is 1. The number of amidine groups is 1. The van der Waals surface area contributed by atoms with Crippen molar-refractivity contribution < 1.29 is 0 Å². The van der Waals surface area contributed by atoms with Gasteiger partial charge in [0, 0.05) is 17.8 Å². The summed E-state index contributed by atoms with van der Waals surface area (Å²) >= 11 is 3.79. The van der Waals surface area contributed by atoms with Crippen LogP contribution in [0, 0.1) is 0 Å². The maximum atomic E-state index is 4.60. The molecule has 15 heavy (non-hydrogen) atoms. The van der Waals surface area contributed by atoms with Gasteiger partial charge in [0.1, 0.15) is 0 Å². The second-order valence-electron chi connectivity index (χ2n) is 4.21. The van der Waals surface area contributed by atoms with Crippen molar-refractivity contribution >= 4 is 28.7 Å². The molecule has 1 saturated heterocycles. The van der Waals surface area contributed by atoms with Gasteiger partial charge in [-0.25, -0.2) is 0 Å². The molecule has 1 unspecified atom stereocenters. The highest BCUT2D eigenvalue weighted by atomic mass is 32.2. The van der Waals surface area contributed by atoms with Crippen molar-refractivity contribution in [2.24, 2.45) is 4.99 Å². The fraction of sp³-hybridized carbons (Fsp3) is 0.909. The van der Waals surface area contributed by atoms with E-state index in [2.05, 4.69) is 30.4 Å². The number of rotatable bonds is 6. The first-order valence-corrected chi connectivity index (χ1v) is 8.02. The summed E-state index contributed by atoms with van der Waals surface area (Å²) in [5, 5.41) is 4.67. The lowest BCUT2D eigenvalue weighted by Gasteiger charge is -2.20. The van der Waals surface area contributed by atoms with Gasteiger partial charge in [-0.15, -0.1) is 0 Å². The number of nitrogens with zero attached hydrogens (tertiary/aromatic N) is 1. The Labute approximate surface area is 102 Å². The normalized spacial score (nSPS) is 28.3. The van der Waals surface area contributed by atoms with Crippen molar-refractivity contribution in [2.75, 3.05) is 24.3 Å². The molecule has 0 aliphatic carbocycles. The molecule has 0 bridgehead atoms. The van der Waals surface area contributed by atoms with E-state index in [1.807, 2.05) is 23.5 Å². The zero-order valence-corrected chi connectivity index (χ0v) is 11.6. The van der Waals surface area contributed by atoms with Gasteiger partial charge in [-0.3, -0.25) is 4.99 Å². The third kappa shape index (κ3) is 4.68. The lowest BCUT2D eigenvalue weighted by atomic mass is 10.0. The highest BCUT2D eigenvalue weighted by Gasteiger charge is 2.30. The van der Waals surface area contributed by atoms with Crippen molar-refractivity contribution in [1.29, 1.82) is 0 Å². The van der Waals surface area contributed by atoms with Crippen LogP contribution in [0.5, 0.6) is 0 Å². The molecule has 2 nitrogen and oxygen atoms in total. The minimum Gasteiger partial charge on any atom is -0.359 e. The second kappa shape index (κ2) is 6.69. The van der Waals surface area contributed by atoms with Crippen molar-refractivity contribution in [1.82, 2.24) is 5.32 Å². The standard InChI is InChI=1S/C11H22N2S2/c1-4-11(2)9-15-10(13-11)12-7-5-6-8-14-3/h4-9H2,1-3H3,(H,12,13). The van der Waals surface area contributed by atoms with Gasteiger partial charge in [-0.2, -0.15) is 11.8 Å². The molecular weight excluding hydrogens is 224 g/mol. The van der Waals surface area contributed by atoms with E-state index in [0.29, 0.717) is 0 Å². The molecule has 1 aliphatic heterocycles. The van der Waals surface area contributed by atoms with Crippen LogP contribution in [-0.2, 0) is 0 Å². The molecule has 0 saturated carbocycles. The second-order valence-corrected chi connectivity index (χ2v) is 6.16. The van der Waals surface area contributed by atoms with Crippen LogP contribution >= 0.6 is 23.5 Å². The molecule has 1 aliphatic rings. The summed E-state index contributed by atoms with van der Waals surface area (Å²) in [6, 6.07) is 0. The SMILES string of the molecule is CCC1(C)CSC(=NCCCCSC)N1. The molecule has 0 radical (unpaired) electrons. The fourth-order valence-corrected chi connectivity index (χ4v) is 3.10. The largest absolute Gasteiger partial charge is 0.359 e. The molecule has 1 rings (SSSR count). The van der Waals surface area contributed by atoms with Gasteiger partial charge in [0.15, 0.2) is 5.17 Å². The molecule has 1 fully saturated rings. The van der Waals surface area contributed by atoms with Crippen LogP contribution in [0.15, 0.2) is 4.99 Å².